The molecule has 0 heterocycles. The fourth-order valence-corrected chi connectivity index (χ4v) is 3.39. The van der Waals surface area contributed by atoms with Gasteiger partial charge in [0.25, 0.3) is 0 Å². The number of rotatable bonds is 7. The molecule has 7 heteroatoms. The van der Waals surface area contributed by atoms with Crippen molar-refractivity contribution in [2.75, 3.05) is 7.11 Å². The van der Waals surface area contributed by atoms with Crippen LogP contribution in [-0.2, 0) is 10.1 Å². The summed E-state index contributed by atoms with van der Waals surface area (Å²) in [7, 11) is -2.69. The monoisotopic (exact) mass is 366 g/mol. The van der Waals surface area contributed by atoms with Gasteiger partial charge in [-0.1, -0.05) is 13.0 Å². The van der Waals surface area contributed by atoms with E-state index in [9.17, 15) is 13.5 Å². The Labute approximate surface area is 148 Å². The van der Waals surface area contributed by atoms with Gasteiger partial charge in [-0.15, -0.1) is 0 Å². The largest absolute Gasteiger partial charge is 0.495 e. The van der Waals surface area contributed by atoms with E-state index in [0.717, 1.165) is 11.1 Å². The molecule has 0 saturated heterocycles. The van der Waals surface area contributed by atoms with Crippen LogP contribution in [0.4, 0.5) is 0 Å². The maximum atomic E-state index is 12.6. The Morgan fingerprint density at radius 2 is 1.72 bits per heavy atom. The van der Waals surface area contributed by atoms with Crippen molar-refractivity contribution in [3.8, 4) is 17.2 Å². The summed E-state index contributed by atoms with van der Waals surface area (Å²) in [4.78, 5) is -0.0485. The van der Waals surface area contributed by atoms with Crippen LogP contribution < -0.4 is 13.7 Å². The maximum absolute atomic E-state index is 12.6. The molecule has 0 amide bonds. The highest BCUT2D eigenvalue weighted by atomic mass is 32.2. The highest BCUT2D eigenvalue weighted by molar-refractivity contribution is 7.87. The van der Waals surface area contributed by atoms with Gasteiger partial charge in [-0.2, -0.15) is 8.42 Å². The number of aliphatic hydroxyl groups excluding tert-OH is 1. The van der Waals surface area contributed by atoms with Crippen LogP contribution in [0.5, 0.6) is 17.2 Å². The van der Waals surface area contributed by atoms with E-state index in [1.165, 1.54) is 19.2 Å². The number of hydrogen-bond donors (Lipinski definition) is 1. The predicted molar refractivity (Wildman–Crippen MR) is 93.6 cm³/mol. The second-order valence-corrected chi connectivity index (χ2v) is 7.17. The number of hydrogen-bond acceptors (Lipinski definition) is 6. The topological polar surface area (TPSA) is 82.1 Å². The highest BCUT2D eigenvalue weighted by Crippen LogP contribution is 2.30. The minimum atomic E-state index is -4.09. The molecule has 0 fully saturated rings. The zero-order valence-electron chi connectivity index (χ0n) is 14.6. The Morgan fingerprint density at radius 3 is 2.36 bits per heavy atom. The fraction of sp³-hybridized carbons (Fsp3) is 0.333. The fourth-order valence-electron chi connectivity index (χ4n) is 2.22. The van der Waals surface area contributed by atoms with Gasteiger partial charge in [-0.25, -0.2) is 0 Å². The van der Waals surface area contributed by atoms with Gasteiger partial charge in [0, 0.05) is 12.5 Å². The first-order valence-corrected chi connectivity index (χ1v) is 9.21. The molecule has 6 nitrogen and oxygen atoms in total. The van der Waals surface area contributed by atoms with Gasteiger partial charge in [0.1, 0.15) is 22.1 Å². The molecule has 2 aromatic rings. The number of methoxy groups -OCH3 is 1. The van der Waals surface area contributed by atoms with Gasteiger partial charge < -0.3 is 18.8 Å². The van der Waals surface area contributed by atoms with Crippen molar-refractivity contribution in [2.45, 2.75) is 38.4 Å². The lowest BCUT2D eigenvalue weighted by Gasteiger charge is -2.15. The molecule has 25 heavy (non-hydrogen) atoms. The van der Waals surface area contributed by atoms with E-state index in [2.05, 4.69) is 0 Å². The molecule has 0 saturated carbocycles. The highest BCUT2D eigenvalue weighted by Gasteiger charge is 2.22. The van der Waals surface area contributed by atoms with E-state index in [-0.39, 0.29) is 16.4 Å². The minimum absolute atomic E-state index is 0.0485. The second-order valence-electron chi connectivity index (χ2n) is 5.65. The second kappa shape index (κ2) is 7.76. The minimum Gasteiger partial charge on any atom is -0.495 e. The number of aliphatic hydroxyl groups is 1. The summed E-state index contributed by atoms with van der Waals surface area (Å²) in [5, 5.41) is 9.60. The summed E-state index contributed by atoms with van der Waals surface area (Å²) >= 11 is 0. The third kappa shape index (κ3) is 4.87. The molecule has 1 N–H and O–H groups in total. The molecule has 2 aromatic carbocycles. The molecule has 0 radical (unpaired) electrons. The van der Waals surface area contributed by atoms with Gasteiger partial charge in [0.05, 0.1) is 7.11 Å². The van der Waals surface area contributed by atoms with Crippen LogP contribution in [0.15, 0.2) is 41.3 Å². The standard InChI is InChI=1S/C18H22O6S/c1-5-18(19)23-14-8-13(3)9-15(11-14)24-25(20,21)17-10-12(2)6-7-16(17)22-4/h6-11,18-19H,5H2,1-4H3. The first kappa shape index (κ1) is 19.1. The lowest BCUT2D eigenvalue weighted by atomic mass is 10.2. The molecule has 1 atom stereocenters. The molecule has 0 aromatic heterocycles. The lowest BCUT2D eigenvalue weighted by Crippen LogP contribution is -2.14. The van der Waals surface area contributed by atoms with Crippen molar-refractivity contribution in [1.29, 1.82) is 0 Å². The quantitative estimate of drug-likeness (QED) is 0.599. The summed E-state index contributed by atoms with van der Waals surface area (Å²) in [6, 6.07) is 9.50. The average Bonchev–Trinajstić information content (AvgIpc) is 2.53. The van der Waals surface area contributed by atoms with Crippen molar-refractivity contribution < 1.29 is 27.2 Å². The third-order valence-corrected chi connectivity index (χ3v) is 4.71. The number of ether oxygens (including phenoxy) is 2. The molecule has 136 valence electrons. The first-order valence-electron chi connectivity index (χ1n) is 7.80. The molecule has 0 bridgehead atoms. The van der Waals surface area contributed by atoms with Gasteiger partial charge in [-0.3, -0.25) is 0 Å². The van der Waals surface area contributed by atoms with E-state index in [4.69, 9.17) is 13.7 Å². The third-order valence-electron chi connectivity index (χ3n) is 3.44. The average molecular weight is 366 g/mol. The molecule has 0 aliphatic carbocycles. The van der Waals surface area contributed by atoms with Gasteiger partial charge >= 0.3 is 10.1 Å². The van der Waals surface area contributed by atoms with Gasteiger partial charge in [-0.05, 0) is 49.2 Å². The molecular formula is C18H22O6S. The van der Waals surface area contributed by atoms with Crippen LogP contribution in [0.25, 0.3) is 0 Å². The Balaban J connectivity index is 2.36. The molecular weight excluding hydrogens is 344 g/mol. The van der Waals surface area contributed by atoms with Crippen LogP contribution >= 0.6 is 0 Å². The normalized spacial score (nSPS) is 12.5. The molecule has 0 aliphatic rings. The summed E-state index contributed by atoms with van der Waals surface area (Å²) in [6.07, 6.45) is -0.564. The Kier molecular flexibility index (Phi) is 5.92. The van der Waals surface area contributed by atoms with Crippen LogP contribution in [0, 0.1) is 13.8 Å². The van der Waals surface area contributed by atoms with E-state index < -0.39 is 16.4 Å². The van der Waals surface area contributed by atoms with E-state index >= 15 is 0 Å². The summed E-state index contributed by atoms with van der Waals surface area (Å²) in [6.45, 7) is 5.33. The number of aryl methyl sites for hydroxylation is 2. The van der Waals surface area contributed by atoms with E-state index in [1.807, 2.05) is 0 Å². The van der Waals surface area contributed by atoms with Gasteiger partial charge in [0.2, 0.25) is 0 Å². The zero-order chi connectivity index (χ0) is 18.6. The van der Waals surface area contributed by atoms with Crippen LogP contribution in [-0.4, -0.2) is 26.9 Å². The Hall–Kier alpha value is -2.25. The predicted octanol–water partition coefficient (Wildman–Crippen LogP) is 3.19. The lowest BCUT2D eigenvalue weighted by molar-refractivity contribution is -0.0192. The Bertz CT molecular complexity index is 845. The van der Waals surface area contributed by atoms with Crippen molar-refractivity contribution in [2.24, 2.45) is 0 Å². The SMILES string of the molecule is CCC(O)Oc1cc(C)cc(OS(=O)(=O)c2cc(C)ccc2OC)c1. The maximum Gasteiger partial charge on any atom is 0.342 e. The van der Waals surface area contributed by atoms with E-state index in [1.54, 1.807) is 45.0 Å². The number of benzene rings is 2. The molecule has 0 spiro atoms. The van der Waals surface area contributed by atoms with Crippen molar-refractivity contribution >= 4 is 10.1 Å². The van der Waals surface area contributed by atoms with Crippen LogP contribution in [0.3, 0.4) is 0 Å². The summed E-state index contributed by atoms with van der Waals surface area (Å²) < 4.78 is 41.0. The molecule has 2 rings (SSSR count). The van der Waals surface area contributed by atoms with Crippen molar-refractivity contribution in [3.63, 3.8) is 0 Å². The molecule has 0 aliphatic heterocycles. The first-order chi connectivity index (χ1) is 11.7. The van der Waals surface area contributed by atoms with E-state index in [0.29, 0.717) is 12.2 Å². The van der Waals surface area contributed by atoms with Crippen LogP contribution in [0.1, 0.15) is 24.5 Å². The Morgan fingerprint density at radius 1 is 1.04 bits per heavy atom. The smallest absolute Gasteiger partial charge is 0.342 e. The zero-order valence-corrected chi connectivity index (χ0v) is 15.5. The summed E-state index contributed by atoms with van der Waals surface area (Å²) in [5.41, 5.74) is 1.50. The van der Waals surface area contributed by atoms with Crippen molar-refractivity contribution in [3.05, 3.63) is 47.5 Å². The summed E-state index contributed by atoms with van der Waals surface area (Å²) in [5.74, 6) is 0.633. The molecule has 1 unspecified atom stereocenters. The van der Waals surface area contributed by atoms with Crippen LogP contribution in [0.2, 0.25) is 0 Å². The van der Waals surface area contributed by atoms with Crippen molar-refractivity contribution in [1.82, 2.24) is 0 Å². The van der Waals surface area contributed by atoms with Gasteiger partial charge in [0.15, 0.2) is 6.29 Å².